The smallest absolute Gasteiger partial charge is 0.254 e. The van der Waals surface area contributed by atoms with Crippen LogP contribution in [0.2, 0.25) is 0 Å². The second-order valence-electron chi connectivity index (χ2n) is 11.0. The maximum Gasteiger partial charge on any atom is 0.254 e. The second-order valence-corrected chi connectivity index (χ2v) is 11.0. The van der Waals surface area contributed by atoms with Gasteiger partial charge in [0.1, 0.15) is 0 Å². The lowest BCUT2D eigenvalue weighted by Crippen LogP contribution is -2.67. The molecule has 0 spiro atoms. The second kappa shape index (κ2) is 11.5. The summed E-state index contributed by atoms with van der Waals surface area (Å²) in [5.41, 5.74) is 2.78. The summed E-state index contributed by atoms with van der Waals surface area (Å²) in [4.78, 5) is 37.5. The van der Waals surface area contributed by atoms with Gasteiger partial charge in [0.25, 0.3) is 5.91 Å². The maximum atomic E-state index is 14.2. The summed E-state index contributed by atoms with van der Waals surface area (Å²) in [6.45, 7) is 12.9. The lowest BCUT2D eigenvalue weighted by molar-refractivity contribution is -0.166. The minimum Gasteiger partial charge on any atom is -0.493 e. The number of nitrogens with one attached hydrogen (secondary N) is 1. The molecule has 8 heteroatoms. The Bertz CT molecular complexity index is 1380. The third-order valence-corrected chi connectivity index (χ3v) is 8.67. The van der Waals surface area contributed by atoms with Crippen molar-refractivity contribution in [2.45, 2.75) is 52.0 Å². The predicted molar refractivity (Wildman–Crippen MR) is 157 cm³/mol. The van der Waals surface area contributed by atoms with Crippen LogP contribution in [0.4, 0.5) is 0 Å². The Morgan fingerprint density at radius 3 is 2.58 bits per heavy atom. The minimum absolute atomic E-state index is 0.0150. The van der Waals surface area contributed by atoms with Crippen LogP contribution >= 0.6 is 0 Å². The van der Waals surface area contributed by atoms with Gasteiger partial charge in [-0.05, 0) is 68.7 Å². The lowest BCUT2D eigenvalue weighted by atomic mass is 9.76. The van der Waals surface area contributed by atoms with Crippen LogP contribution in [-0.4, -0.2) is 84.5 Å². The van der Waals surface area contributed by atoms with Gasteiger partial charge in [0.05, 0.1) is 26.0 Å². The average Bonchev–Trinajstić information content (AvgIpc) is 3.37. The number of amides is 2. The Morgan fingerprint density at radius 2 is 1.85 bits per heavy atom. The van der Waals surface area contributed by atoms with E-state index in [1.165, 1.54) is 0 Å². The fourth-order valence-corrected chi connectivity index (χ4v) is 6.41. The normalized spacial score (nSPS) is 20.7. The molecule has 1 N–H and O–H groups in total. The van der Waals surface area contributed by atoms with Gasteiger partial charge in [-0.15, -0.1) is 0 Å². The van der Waals surface area contributed by atoms with Crippen LogP contribution in [0.1, 0.15) is 63.3 Å². The van der Waals surface area contributed by atoms with Crippen LogP contribution in [0.25, 0.3) is 10.9 Å². The van der Waals surface area contributed by atoms with Gasteiger partial charge < -0.3 is 29.2 Å². The van der Waals surface area contributed by atoms with Gasteiger partial charge in [0.2, 0.25) is 5.91 Å². The van der Waals surface area contributed by atoms with E-state index >= 15 is 0 Å². The molecule has 1 aromatic heterocycles. The minimum atomic E-state index is -1.09. The number of piperazine rings is 1. The monoisotopic (exact) mass is 546 g/mol. The highest BCUT2D eigenvalue weighted by Gasteiger charge is 2.56. The van der Waals surface area contributed by atoms with Crippen molar-refractivity contribution in [3.63, 3.8) is 0 Å². The van der Waals surface area contributed by atoms with Crippen molar-refractivity contribution in [3.8, 4) is 11.5 Å². The molecule has 0 aliphatic carbocycles. The summed E-state index contributed by atoms with van der Waals surface area (Å²) in [6.07, 6.45) is 1.74. The van der Waals surface area contributed by atoms with E-state index in [-0.39, 0.29) is 24.3 Å². The van der Waals surface area contributed by atoms with Crippen molar-refractivity contribution >= 4 is 22.7 Å². The van der Waals surface area contributed by atoms with Crippen molar-refractivity contribution in [2.24, 2.45) is 0 Å². The van der Waals surface area contributed by atoms with Gasteiger partial charge in [-0.2, -0.15) is 0 Å². The Labute approximate surface area is 237 Å². The summed E-state index contributed by atoms with van der Waals surface area (Å²) in [5, 5.41) is 1.08. The summed E-state index contributed by atoms with van der Waals surface area (Å²) >= 11 is 0. The zero-order chi connectivity index (χ0) is 28.4. The van der Waals surface area contributed by atoms with Gasteiger partial charge in [-0.25, -0.2) is 0 Å². The average molecular weight is 547 g/mol. The highest BCUT2D eigenvalue weighted by atomic mass is 16.5. The molecule has 0 saturated carbocycles. The molecule has 1 fully saturated rings. The van der Waals surface area contributed by atoms with E-state index in [0.717, 1.165) is 60.2 Å². The number of carbonyl (C=O) groups is 2. The Balaban J connectivity index is 1.56. The van der Waals surface area contributed by atoms with Crippen molar-refractivity contribution in [1.82, 2.24) is 19.7 Å². The summed E-state index contributed by atoms with van der Waals surface area (Å²) in [7, 11) is 1.65. The van der Waals surface area contributed by atoms with E-state index in [9.17, 15) is 9.59 Å². The number of para-hydroxylation sites is 1. The van der Waals surface area contributed by atoms with Gasteiger partial charge in [0.15, 0.2) is 17.0 Å². The molecule has 2 aromatic carbocycles. The molecule has 0 unspecified atom stereocenters. The zero-order valence-corrected chi connectivity index (χ0v) is 24.5. The van der Waals surface area contributed by atoms with E-state index in [2.05, 4.69) is 42.8 Å². The fourth-order valence-electron chi connectivity index (χ4n) is 6.41. The molecule has 214 valence electrons. The van der Waals surface area contributed by atoms with E-state index in [1.807, 2.05) is 37.3 Å². The van der Waals surface area contributed by atoms with Crippen LogP contribution in [0.3, 0.4) is 0 Å². The van der Waals surface area contributed by atoms with Crippen molar-refractivity contribution in [3.05, 3.63) is 59.3 Å². The standard InChI is InChI=1S/C32H42N4O4/c1-6-18-40-26-15-14-22(19-27(26)39-5)24-20-36-28(37)21-35(17-11-16-34(7-2)8-3)31(38)32(36,4)30-29(24)23-12-9-10-13-25(23)33-30/h9-10,12-15,19,24,33H,6-8,11,16-18,20-21H2,1-5H3/t24-,32-/m0/s1. The molecule has 2 atom stereocenters. The number of hydrogen-bond donors (Lipinski definition) is 1. The van der Waals surface area contributed by atoms with E-state index in [1.54, 1.807) is 16.9 Å². The fraction of sp³-hybridized carbons (Fsp3) is 0.500. The first-order valence-electron chi connectivity index (χ1n) is 14.6. The number of rotatable bonds is 11. The number of hydrogen-bond acceptors (Lipinski definition) is 5. The quantitative estimate of drug-likeness (QED) is 0.376. The first-order valence-corrected chi connectivity index (χ1v) is 14.6. The summed E-state index contributed by atoms with van der Waals surface area (Å²) < 4.78 is 11.6. The van der Waals surface area contributed by atoms with E-state index in [0.29, 0.717) is 31.2 Å². The first kappa shape index (κ1) is 28.0. The third-order valence-electron chi connectivity index (χ3n) is 8.67. The number of methoxy groups -OCH3 is 1. The molecular weight excluding hydrogens is 504 g/mol. The van der Waals surface area contributed by atoms with Crippen molar-refractivity contribution < 1.29 is 19.1 Å². The number of nitrogens with zero attached hydrogens (tertiary/aromatic N) is 3. The zero-order valence-electron chi connectivity index (χ0n) is 24.5. The number of aromatic nitrogens is 1. The largest absolute Gasteiger partial charge is 0.493 e. The summed E-state index contributed by atoms with van der Waals surface area (Å²) in [5.74, 6) is 1.21. The number of aromatic amines is 1. The van der Waals surface area contributed by atoms with Gasteiger partial charge in [-0.3, -0.25) is 9.59 Å². The maximum absolute atomic E-state index is 14.2. The van der Waals surface area contributed by atoms with Crippen LogP contribution in [0.5, 0.6) is 11.5 Å². The molecule has 5 rings (SSSR count). The number of fused-ring (bicyclic) bond motifs is 5. The number of benzene rings is 2. The Morgan fingerprint density at radius 1 is 1.07 bits per heavy atom. The topological polar surface area (TPSA) is 78.1 Å². The molecule has 2 aliphatic rings. The molecule has 40 heavy (non-hydrogen) atoms. The number of H-pyrrole nitrogens is 1. The van der Waals surface area contributed by atoms with Crippen LogP contribution < -0.4 is 9.47 Å². The van der Waals surface area contributed by atoms with Gasteiger partial charge in [0, 0.05) is 29.9 Å². The molecule has 8 nitrogen and oxygen atoms in total. The molecule has 3 aromatic rings. The van der Waals surface area contributed by atoms with Crippen molar-refractivity contribution in [2.75, 3.05) is 53.0 Å². The predicted octanol–water partition coefficient (Wildman–Crippen LogP) is 4.73. The summed E-state index contributed by atoms with van der Waals surface area (Å²) in [6, 6.07) is 14.2. The Hall–Kier alpha value is -3.52. The lowest BCUT2D eigenvalue weighted by Gasteiger charge is -2.51. The van der Waals surface area contributed by atoms with E-state index < -0.39 is 5.54 Å². The van der Waals surface area contributed by atoms with Gasteiger partial charge in [-0.1, -0.05) is 45.0 Å². The van der Waals surface area contributed by atoms with Gasteiger partial charge >= 0.3 is 0 Å². The molecule has 2 amide bonds. The SMILES string of the molecule is CCCOc1ccc([C@@H]2CN3C(=O)CN(CCCN(CC)CC)C(=O)[C@]3(C)c3[nH]c4ccccc4c32)cc1OC. The van der Waals surface area contributed by atoms with Crippen LogP contribution in [-0.2, 0) is 15.1 Å². The first-order chi connectivity index (χ1) is 19.4. The third kappa shape index (κ3) is 4.72. The molecule has 0 radical (unpaired) electrons. The molecule has 1 saturated heterocycles. The molecular formula is C32H42N4O4. The highest BCUT2D eigenvalue weighted by Crippen LogP contribution is 2.49. The van der Waals surface area contributed by atoms with Crippen LogP contribution in [0, 0.1) is 0 Å². The molecule has 0 bridgehead atoms. The van der Waals surface area contributed by atoms with Crippen molar-refractivity contribution in [1.29, 1.82) is 0 Å². The van der Waals surface area contributed by atoms with Crippen LogP contribution in [0.15, 0.2) is 42.5 Å². The Kier molecular flexibility index (Phi) is 8.08. The number of ether oxygens (including phenoxy) is 2. The van der Waals surface area contributed by atoms with E-state index in [4.69, 9.17) is 9.47 Å². The number of carbonyl (C=O) groups excluding carboxylic acids is 2. The molecule has 2 aliphatic heterocycles. The highest BCUT2D eigenvalue weighted by molar-refractivity contribution is 6.01. The molecule has 3 heterocycles.